The molecule has 0 aliphatic carbocycles. The number of para-hydroxylation sites is 1. The molecule has 1 amide bonds. The van der Waals surface area contributed by atoms with E-state index in [2.05, 4.69) is 37.9 Å². The topological polar surface area (TPSA) is 42.6 Å². The SMILES string of the molecule is Cc1nn(-c2ccccc2)c(C)c1C[NH+](C)CC(=O)N1CCCCCCC1. The number of hydrogen-bond acceptors (Lipinski definition) is 2. The Kier molecular flexibility index (Phi) is 6.67. The highest BCUT2D eigenvalue weighted by Crippen LogP contribution is 2.17. The number of nitrogens with one attached hydrogen (secondary N) is 1. The van der Waals surface area contributed by atoms with Crippen molar-refractivity contribution in [3.8, 4) is 5.69 Å². The molecule has 1 aliphatic heterocycles. The number of likely N-dealkylation sites (N-methyl/N-ethyl adjacent to an activating group) is 1. The van der Waals surface area contributed by atoms with E-state index in [-0.39, 0.29) is 0 Å². The zero-order chi connectivity index (χ0) is 19.2. The number of quaternary nitrogens is 1. The van der Waals surface area contributed by atoms with Gasteiger partial charge in [-0.25, -0.2) is 4.68 Å². The third-order valence-electron chi connectivity index (χ3n) is 5.58. The summed E-state index contributed by atoms with van der Waals surface area (Å²) < 4.78 is 2.01. The van der Waals surface area contributed by atoms with Crippen LogP contribution in [0.1, 0.15) is 49.1 Å². The van der Waals surface area contributed by atoms with E-state index in [1.54, 1.807) is 0 Å². The molecule has 0 radical (unpaired) electrons. The molecule has 5 nitrogen and oxygen atoms in total. The van der Waals surface area contributed by atoms with Crippen LogP contribution in [0, 0.1) is 13.8 Å². The third-order valence-corrected chi connectivity index (χ3v) is 5.58. The number of likely N-dealkylation sites (tertiary alicyclic amines) is 1. The predicted octanol–water partition coefficient (Wildman–Crippen LogP) is 2.30. The summed E-state index contributed by atoms with van der Waals surface area (Å²) in [6.45, 7) is 7.41. The lowest BCUT2D eigenvalue weighted by Gasteiger charge is -2.26. The van der Waals surface area contributed by atoms with Crippen molar-refractivity contribution in [1.82, 2.24) is 14.7 Å². The van der Waals surface area contributed by atoms with Crippen LogP contribution in [0.15, 0.2) is 30.3 Å². The summed E-state index contributed by atoms with van der Waals surface area (Å²) in [6.07, 6.45) is 6.11. The molecular weight excluding hydrogens is 336 g/mol. The summed E-state index contributed by atoms with van der Waals surface area (Å²) in [6, 6.07) is 10.2. The molecule has 1 aromatic carbocycles. The quantitative estimate of drug-likeness (QED) is 0.879. The number of rotatable bonds is 5. The van der Waals surface area contributed by atoms with Gasteiger partial charge in [0.05, 0.1) is 29.7 Å². The van der Waals surface area contributed by atoms with Gasteiger partial charge in [0.1, 0.15) is 6.54 Å². The van der Waals surface area contributed by atoms with E-state index in [1.165, 1.54) is 29.7 Å². The second kappa shape index (κ2) is 9.18. The van der Waals surface area contributed by atoms with Gasteiger partial charge in [-0.1, -0.05) is 37.5 Å². The first kappa shape index (κ1) is 19.6. The Morgan fingerprint density at radius 3 is 2.33 bits per heavy atom. The normalized spacial score (nSPS) is 16.6. The van der Waals surface area contributed by atoms with E-state index in [4.69, 9.17) is 5.10 Å². The van der Waals surface area contributed by atoms with E-state index >= 15 is 0 Å². The Bertz CT molecular complexity index is 745. The lowest BCUT2D eigenvalue weighted by Crippen LogP contribution is -3.09. The van der Waals surface area contributed by atoms with Crippen LogP contribution in [0.25, 0.3) is 5.69 Å². The van der Waals surface area contributed by atoms with Crippen molar-refractivity contribution in [2.45, 2.75) is 52.5 Å². The highest BCUT2D eigenvalue weighted by atomic mass is 16.2. The molecule has 3 rings (SSSR count). The van der Waals surface area contributed by atoms with Crippen molar-refractivity contribution in [2.24, 2.45) is 0 Å². The van der Waals surface area contributed by atoms with Gasteiger partial charge in [0, 0.05) is 13.1 Å². The Morgan fingerprint density at radius 2 is 1.67 bits per heavy atom. The molecule has 146 valence electrons. The van der Waals surface area contributed by atoms with Gasteiger partial charge in [0.15, 0.2) is 6.54 Å². The van der Waals surface area contributed by atoms with Gasteiger partial charge in [-0.05, 0) is 38.8 Å². The van der Waals surface area contributed by atoms with Crippen molar-refractivity contribution < 1.29 is 9.69 Å². The van der Waals surface area contributed by atoms with Crippen LogP contribution in [0.2, 0.25) is 0 Å². The fraction of sp³-hybridized carbons (Fsp3) is 0.545. The van der Waals surface area contributed by atoms with Crippen LogP contribution in [0.5, 0.6) is 0 Å². The minimum Gasteiger partial charge on any atom is -0.338 e. The van der Waals surface area contributed by atoms with Crippen LogP contribution in [0.4, 0.5) is 0 Å². The minimum atomic E-state index is 0.292. The van der Waals surface area contributed by atoms with Crippen molar-refractivity contribution in [1.29, 1.82) is 0 Å². The fourth-order valence-corrected chi connectivity index (χ4v) is 3.98. The van der Waals surface area contributed by atoms with E-state index in [0.717, 1.165) is 49.6 Å². The maximum atomic E-state index is 12.7. The Balaban J connectivity index is 1.64. The zero-order valence-corrected chi connectivity index (χ0v) is 17.0. The highest BCUT2D eigenvalue weighted by Gasteiger charge is 2.21. The van der Waals surface area contributed by atoms with E-state index in [9.17, 15) is 4.79 Å². The van der Waals surface area contributed by atoms with Crippen LogP contribution in [-0.2, 0) is 11.3 Å². The van der Waals surface area contributed by atoms with Crippen LogP contribution >= 0.6 is 0 Å². The zero-order valence-electron chi connectivity index (χ0n) is 17.0. The molecule has 0 spiro atoms. The number of nitrogens with zero attached hydrogens (tertiary/aromatic N) is 3. The smallest absolute Gasteiger partial charge is 0.277 e. The number of aromatic nitrogens is 2. The molecule has 27 heavy (non-hydrogen) atoms. The maximum absolute atomic E-state index is 12.7. The summed E-state index contributed by atoms with van der Waals surface area (Å²) in [5.74, 6) is 0.292. The van der Waals surface area contributed by atoms with Crippen LogP contribution in [-0.4, -0.2) is 47.3 Å². The van der Waals surface area contributed by atoms with Gasteiger partial charge in [-0.2, -0.15) is 5.10 Å². The monoisotopic (exact) mass is 369 g/mol. The maximum Gasteiger partial charge on any atom is 0.277 e. The molecule has 1 fully saturated rings. The number of amides is 1. The Hall–Kier alpha value is -2.14. The lowest BCUT2D eigenvalue weighted by atomic mass is 10.1. The molecule has 1 atom stereocenters. The first-order valence-electron chi connectivity index (χ1n) is 10.3. The molecular formula is C22H33N4O+. The van der Waals surface area contributed by atoms with Crippen molar-refractivity contribution in [3.05, 3.63) is 47.3 Å². The first-order valence-corrected chi connectivity index (χ1v) is 10.3. The summed E-state index contributed by atoms with van der Waals surface area (Å²) >= 11 is 0. The van der Waals surface area contributed by atoms with E-state index < -0.39 is 0 Å². The average molecular weight is 370 g/mol. The van der Waals surface area contributed by atoms with Gasteiger partial charge in [-0.3, -0.25) is 4.79 Å². The average Bonchev–Trinajstić information content (AvgIpc) is 2.90. The summed E-state index contributed by atoms with van der Waals surface area (Å²) in [7, 11) is 2.11. The van der Waals surface area contributed by atoms with Gasteiger partial charge >= 0.3 is 0 Å². The molecule has 0 saturated carbocycles. The number of benzene rings is 1. The largest absolute Gasteiger partial charge is 0.338 e. The molecule has 0 bridgehead atoms. The van der Waals surface area contributed by atoms with Gasteiger partial charge in [0.25, 0.3) is 5.91 Å². The lowest BCUT2D eigenvalue weighted by molar-refractivity contribution is -0.885. The van der Waals surface area contributed by atoms with Crippen molar-refractivity contribution in [2.75, 3.05) is 26.7 Å². The number of carbonyl (C=O) groups is 1. The molecule has 1 N–H and O–H groups in total. The number of carbonyl (C=O) groups excluding carboxylic acids is 1. The predicted molar refractivity (Wildman–Crippen MR) is 108 cm³/mol. The van der Waals surface area contributed by atoms with Gasteiger partial charge < -0.3 is 9.80 Å². The molecule has 2 heterocycles. The summed E-state index contributed by atoms with van der Waals surface area (Å²) in [5.41, 5.74) is 4.54. The van der Waals surface area contributed by atoms with Crippen molar-refractivity contribution >= 4 is 5.91 Å². The molecule has 1 aliphatic rings. The second-order valence-electron chi connectivity index (χ2n) is 7.86. The van der Waals surface area contributed by atoms with Crippen LogP contribution < -0.4 is 4.90 Å². The van der Waals surface area contributed by atoms with E-state index in [0.29, 0.717) is 12.5 Å². The molecule has 1 saturated heterocycles. The Labute approximate surface area is 163 Å². The third kappa shape index (κ3) is 4.98. The number of aryl methyl sites for hydroxylation is 1. The van der Waals surface area contributed by atoms with Crippen molar-refractivity contribution in [3.63, 3.8) is 0 Å². The molecule has 5 heteroatoms. The van der Waals surface area contributed by atoms with Crippen LogP contribution in [0.3, 0.4) is 0 Å². The second-order valence-corrected chi connectivity index (χ2v) is 7.86. The van der Waals surface area contributed by atoms with E-state index in [1.807, 2.05) is 22.9 Å². The molecule has 2 aromatic rings. The summed E-state index contributed by atoms with van der Waals surface area (Å²) in [4.78, 5) is 16.0. The molecule has 1 unspecified atom stereocenters. The number of hydrogen-bond donors (Lipinski definition) is 1. The molecule has 1 aromatic heterocycles. The summed E-state index contributed by atoms with van der Waals surface area (Å²) in [5, 5.41) is 4.73. The highest BCUT2D eigenvalue weighted by molar-refractivity contribution is 5.77. The van der Waals surface area contributed by atoms with Gasteiger partial charge in [0.2, 0.25) is 0 Å². The Morgan fingerprint density at radius 1 is 1.04 bits per heavy atom. The minimum absolute atomic E-state index is 0.292. The first-order chi connectivity index (χ1) is 13.1. The fourth-order valence-electron chi connectivity index (χ4n) is 3.98. The van der Waals surface area contributed by atoms with Gasteiger partial charge in [-0.15, -0.1) is 0 Å². The standard InChI is InChI=1S/C22H32N4O/c1-18-21(19(2)26(23-18)20-12-8-7-9-13-20)16-24(3)17-22(27)25-14-10-5-4-6-11-15-25/h7-9,12-13H,4-6,10-11,14-17H2,1-3H3/p+1.